The Labute approximate surface area is 247 Å². The SMILES string of the molecule is Cc1cc(OC[C@@H]2OC(C)(C)OC2(C)C)ccc1-c1nnc(Cc2ccc(Cl)c(Oc3cc(N)cc(Cl)c3)c2F)o1. The van der Waals surface area contributed by atoms with Crippen molar-refractivity contribution in [1.82, 2.24) is 10.2 Å². The molecule has 4 aromatic rings. The number of aromatic nitrogens is 2. The number of nitrogen functional groups attached to an aromatic ring is 1. The molecule has 1 aromatic heterocycles. The Kier molecular flexibility index (Phi) is 7.91. The van der Waals surface area contributed by atoms with Gasteiger partial charge in [-0.1, -0.05) is 29.3 Å². The first kappa shape index (κ1) is 29.1. The predicted octanol–water partition coefficient (Wildman–Crippen LogP) is 7.77. The van der Waals surface area contributed by atoms with Gasteiger partial charge in [-0.15, -0.1) is 10.2 Å². The van der Waals surface area contributed by atoms with Crippen molar-refractivity contribution in [3.05, 3.63) is 81.4 Å². The Balaban J connectivity index is 1.28. The third kappa shape index (κ3) is 6.59. The van der Waals surface area contributed by atoms with Crippen molar-refractivity contribution >= 4 is 28.9 Å². The second-order valence-corrected chi connectivity index (χ2v) is 11.7. The molecule has 0 saturated carbocycles. The molecule has 0 radical (unpaired) electrons. The highest BCUT2D eigenvalue weighted by Gasteiger charge is 2.47. The van der Waals surface area contributed by atoms with Crippen molar-refractivity contribution in [3.8, 4) is 28.7 Å². The van der Waals surface area contributed by atoms with E-state index in [1.54, 1.807) is 12.1 Å². The summed E-state index contributed by atoms with van der Waals surface area (Å²) in [5.74, 6) is -0.0155. The molecule has 216 valence electrons. The van der Waals surface area contributed by atoms with Gasteiger partial charge in [-0.3, -0.25) is 0 Å². The van der Waals surface area contributed by atoms with E-state index in [0.29, 0.717) is 29.0 Å². The van der Waals surface area contributed by atoms with Gasteiger partial charge in [0.05, 0.1) is 17.0 Å². The van der Waals surface area contributed by atoms with Crippen LogP contribution in [0.4, 0.5) is 10.1 Å². The molecule has 1 aliphatic rings. The van der Waals surface area contributed by atoms with Gasteiger partial charge in [-0.25, -0.2) is 4.39 Å². The van der Waals surface area contributed by atoms with Crippen molar-refractivity contribution in [2.45, 2.75) is 58.5 Å². The molecule has 0 unspecified atom stereocenters. The highest BCUT2D eigenvalue weighted by molar-refractivity contribution is 6.32. The van der Waals surface area contributed by atoms with Gasteiger partial charge in [-0.05, 0) is 76.6 Å². The lowest BCUT2D eigenvalue weighted by Gasteiger charge is -2.24. The first-order valence-electron chi connectivity index (χ1n) is 12.9. The van der Waals surface area contributed by atoms with Crippen molar-refractivity contribution in [2.75, 3.05) is 12.3 Å². The molecule has 0 amide bonds. The Hall–Kier alpha value is -3.37. The molecule has 2 heterocycles. The first-order valence-corrected chi connectivity index (χ1v) is 13.7. The minimum Gasteiger partial charge on any atom is -0.491 e. The fraction of sp³-hybridized carbons (Fsp3) is 0.333. The summed E-state index contributed by atoms with van der Waals surface area (Å²) < 4.78 is 45.0. The third-order valence-corrected chi connectivity index (χ3v) is 7.11. The number of hydrogen-bond donors (Lipinski definition) is 1. The van der Waals surface area contributed by atoms with E-state index < -0.39 is 17.2 Å². The fourth-order valence-corrected chi connectivity index (χ4v) is 5.16. The molecule has 11 heteroatoms. The molecule has 8 nitrogen and oxygen atoms in total. The maximum Gasteiger partial charge on any atom is 0.248 e. The summed E-state index contributed by atoms with van der Waals surface area (Å²) in [6.45, 7) is 9.99. The predicted molar refractivity (Wildman–Crippen MR) is 154 cm³/mol. The number of nitrogens with two attached hydrogens (primary N) is 1. The second-order valence-electron chi connectivity index (χ2n) is 10.8. The molecule has 3 aromatic carbocycles. The normalized spacial score (nSPS) is 17.5. The molecule has 1 saturated heterocycles. The molecule has 1 fully saturated rings. The van der Waals surface area contributed by atoms with Crippen molar-refractivity contribution in [1.29, 1.82) is 0 Å². The molecule has 0 bridgehead atoms. The smallest absolute Gasteiger partial charge is 0.248 e. The first-order chi connectivity index (χ1) is 19.3. The molecular weight excluding hydrogens is 572 g/mol. The monoisotopic (exact) mass is 601 g/mol. The Morgan fingerprint density at radius 2 is 1.78 bits per heavy atom. The summed E-state index contributed by atoms with van der Waals surface area (Å²) in [5, 5.41) is 8.73. The van der Waals surface area contributed by atoms with Crippen LogP contribution in [0.2, 0.25) is 10.0 Å². The van der Waals surface area contributed by atoms with Crippen LogP contribution in [0, 0.1) is 12.7 Å². The average molecular weight is 602 g/mol. The number of aryl methyl sites for hydroxylation is 1. The van der Waals surface area contributed by atoms with E-state index in [1.807, 2.05) is 52.8 Å². The zero-order chi connectivity index (χ0) is 29.5. The molecule has 0 aliphatic carbocycles. The van der Waals surface area contributed by atoms with Gasteiger partial charge < -0.3 is 29.1 Å². The summed E-state index contributed by atoms with van der Waals surface area (Å²) in [4.78, 5) is 0. The maximum absolute atomic E-state index is 15.4. The quantitative estimate of drug-likeness (QED) is 0.204. The van der Waals surface area contributed by atoms with Crippen molar-refractivity contribution in [3.63, 3.8) is 0 Å². The van der Waals surface area contributed by atoms with Crippen LogP contribution in [0.5, 0.6) is 17.2 Å². The largest absolute Gasteiger partial charge is 0.491 e. The minimum absolute atomic E-state index is 0.0277. The molecule has 0 spiro atoms. The van der Waals surface area contributed by atoms with Crippen LogP contribution in [-0.4, -0.2) is 34.3 Å². The van der Waals surface area contributed by atoms with Gasteiger partial charge in [0, 0.05) is 27.9 Å². The number of benzene rings is 3. The Morgan fingerprint density at radius 1 is 1.00 bits per heavy atom. The van der Waals surface area contributed by atoms with Gasteiger partial charge in [-0.2, -0.15) is 0 Å². The van der Waals surface area contributed by atoms with E-state index in [1.165, 1.54) is 18.2 Å². The highest BCUT2D eigenvalue weighted by atomic mass is 35.5. The van der Waals surface area contributed by atoms with Crippen LogP contribution in [0.1, 0.15) is 44.7 Å². The van der Waals surface area contributed by atoms with Crippen LogP contribution < -0.4 is 15.2 Å². The van der Waals surface area contributed by atoms with Gasteiger partial charge in [0.15, 0.2) is 17.4 Å². The molecular formula is C30H30Cl2FN3O5. The van der Waals surface area contributed by atoms with Gasteiger partial charge in [0.25, 0.3) is 0 Å². The zero-order valence-electron chi connectivity index (χ0n) is 23.3. The van der Waals surface area contributed by atoms with Crippen LogP contribution >= 0.6 is 23.2 Å². The number of halogens is 3. The van der Waals surface area contributed by atoms with Crippen LogP contribution in [0.15, 0.2) is 52.9 Å². The van der Waals surface area contributed by atoms with Crippen molar-refractivity contribution < 1.29 is 27.8 Å². The third-order valence-electron chi connectivity index (χ3n) is 6.59. The molecule has 1 atom stereocenters. The molecule has 1 aliphatic heterocycles. The Bertz CT molecular complexity index is 1570. The number of nitrogens with zero attached hydrogens (tertiary/aromatic N) is 2. The standard InChI is InChI=1S/C30H30Cl2FN3O5/c1-16-10-20(37-15-24-29(2,3)41-30(4,5)40-24)7-8-22(16)28-36-35-25(39-28)11-17-6-9-23(32)27(26(17)33)38-21-13-18(31)12-19(34)14-21/h6-10,12-14,24H,11,15,34H2,1-5H3/t24-/m0/s1. The van der Waals surface area contributed by atoms with E-state index in [2.05, 4.69) is 10.2 Å². The topological polar surface area (TPSA) is 102 Å². The maximum atomic E-state index is 15.4. The molecule has 41 heavy (non-hydrogen) atoms. The van der Waals surface area contributed by atoms with E-state index in [-0.39, 0.29) is 40.5 Å². The number of ether oxygens (including phenoxy) is 4. The summed E-state index contributed by atoms with van der Waals surface area (Å²) in [6.07, 6.45) is -0.196. The van der Waals surface area contributed by atoms with Gasteiger partial charge in [0.1, 0.15) is 24.2 Å². The lowest BCUT2D eigenvalue weighted by molar-refractivity contribution is -0.158. The van der Waals surface area contributed by atoms with Gasteiger partial charge >= 0.3 is 0 Å². The van der Waals surface area contributed by atoms with Crippen LogP contribution in [-0.2, 0) is 15.9 Å². The Morgan fingerprint density at radius 3 is 2.46 bits per heavy atom. The highest BCUT2D eigenvalue weighted by Crippen LogP contribution is 2.38. The molecule has 5 rings (SSSR count). The van der Waals surface area contributed by atoms with Gasteiger partial charge in [0.2, 0.25) is 11.8 Å². The number of rotatable bonds is 8. The fourth-order valence-electron chi connectivity index (χ4n) is 4.74. The summed E-state index contributed by atoms with van der Waals surface area (Å²) in [5.41, 5.74) is 7.58. The average Bonchev–Trinajstić information content (AvgIpc) is 3.41. The number of hydrogen-bond acceptors (Lipinski definition) is 8. The summed E-state index contributed by atoms with van der Waals surface area (Å²) in [7, 11) is 0. The number of anilines is 1. The minimum atomic E-state index is -0.665. The van der Waals surface area contributed by atoms with E-state index in [9.17, 15) is 0 Å². The lowest BCUT2D eigenvalue weighted by Crippen LogP contribution is -2.37. The van der Waals surface area contributed by atoms with Crippen molar-refractivity contribution in [2.24, 2.45) is 0 Å². The van der Waals surface area contributed by atoms with E-state index >= 15 is 4.39 Å². The van der Waals surface area contributed by atoms with Crippen LogP contribution in [0.3, 0.4) is 0 Å². The zero-order valence-corrected chi connectivity index (χ0v) is 24.8. The summed E-state index contributed by atoms with van der Waals surface area (Å²) in [6, 6.07) is 13.2. The molecule has 2 N–H and O–H groups in total. The summed E-state index contributed by atoms with van der Waals surface area (Å²) >= 11 is 12.3. The van der Waals surface area contributed by atoms with E-state index in [0.717, 1.165) is 11.1 Å². The van der Waals surface area contributed by atoms with E-state index in [4.69, 9.17) is 52.3 Å². The van der Waals surface area contributed by atoms with Crippen LogP contribution in [0.25, 0.3) is 11.5 Å². The second kappa shape index (κ2) is 11.1. The lowest BCUT2D eigenvalue weighted by atomic mass is 10.0.